The standard InChI is InChI=1S/C13H20BNO4/c1-12(2,17)13(3,4)19-14(18)10-7-5-6-8-11(10)15-9-16/h5-9,17-18H,1-4H3,(H,15,16). The zero-order chi connectivity index (χ0) is 14.7. The molecule has 3 N–H and O–H groups in total. The van der Waals surface area contributed by atoms with E-state index in [1.54, 1.807) is 52.0 Å². The third-order valence-corrected chi connectivity index (χ3v) is 3.32. The first kappa shape index (κ1) is 15.7. The summed E-state index contributed by atoms with van der Waals surface area (Å²) in [5.74, 6) is 0. The first-order valence-electron chi connectivity index (χ1n) is 6.06. The van der Waals surface area contributed by atoms with Crippen molar-refractivity contribution in [2.24, 2.45) is 0 Å². The highest BCUT2D eigenvalue weighted by Crippen LogP contribution is 2.25. The fourth-order valence-electron chi connectivity index (χ4n) is 1.39. The Bertz CT molecular complexity index is 443. The van der Waals surface area contributed by atoms with E-state index in [-0.39, 0.29) is 0 Å². The molecule has 104 valence electrons. The Morgan fingerprint density at radius 2 is 1.84 bits per heavy atom. The number of para-hydroxylation sites is 1. The molecular weight excluding hydrogens is 245 g/mol. The maximum absolute atomic E-state index is 10.5. The summed E-state index contributed by atoms with van der Waals surface area (Å²) in [5, 5.41) is 22.6. The number of amides is 1. The molecule has 5 nitrogen and oxygen atoms in total. The van der Waals surface area contributed by atoms with Gasteiger partial charge in [-0.15, -0.1) is 0 Å². The Morgan fingerprint density at radius 1 is 1.26 bits per heavy atom. The summed E-state index contributed by atoms with van der Waals surface area (Å²) in [4.78, 5) is 10.5. The molecule has 1 aromatic carbocycles. The molecule has 1 amide bonds. The van der Waals surface area contributed by atoms with Crippen LogP contribution in [0.1, 0.15) is 27.7 Å². The summed E-state index contributed by atoms with van der Waals surface area (Å²) in [7, 11) is -1.25. The van der Waals surface area contributed by atoms with Gasteiger partial charge in [0.1, 0.15) is 0 Å². The molecule has 0 bridgehead atoms. The van der Waals surface area contributed by atoms with Crippen LogP contribution in [0.4, 0.5) is 5.69 Å². The predicted molar refractivity (Wildman–Crippen MR) is 75.2 cm³/mol. The molecular formula is C13H20BNO4. The largest absolute Gasteiger partial charge is 0.493 e. The van der Waals surface area contributed by atoms with Crippen LogP contribution in [0, 0.1) is 0 Å². The lowest BCUT2D eigenvalue weighted by Crippen LogP contribution is -2.53. The Kier molecular flexibility index (Phi) is 4.73. The lowest BCUT2D eigenvalue weighted by Gasteiger charge is -2.38. The van der Waals surface area contributed by atoms with Gasteiger partial charge >= 0.3 is 7.12 Å². The lowest BCUT2D eigenvalue weighted by molar-refractivity contribution is -0.105. The SMILES string of the molecule is CC(C)(O)C(C)(C)OB(O)c1ccccc1NC=O. The van der Waals surface area contributed by atoms with Crippen molar-refractivity contribution in [1.29, 1.82) is 0 Å². The molecule has 0 saturated heterocycles. The summed E-state index contributed by atoms with van der Waals surface area (Å²) < 4.78 is 5.52. The first-order valence-corrected chi connectivity index (χ1v) is 6.06. The second kappa shape index (κ2) is 5.73. The third-order valence-electron chi connectivity index (χ3n) is 3.32. The van der Waals surface area contributed by atoms with Crippen LogP contribution in [0.15, 0.2) is 24.3 Å². The maximum Gasteiger partial charge on any atom is 0.493 e. The van der Waals surface area contributed by atoms with Crippen molar-refractivity contribution in [3.63, 3.8) is 0 Å². The minimum atomic E-state index is -1.25. The number of carbonyl (C=O) groups is 1. The van der Waals surface area contributed by atoms with Crippen LogP contribution in [0.25, 0.3) is 0 Å². The van der Waals surface area contributed by atoms with Gasteiger partial charge in [-0.1, -0.05) is 18.2 Å². The van der Waals surface area contributed by atoms with Gasteiger partial charge in [-0.3, -0.25) is 4.79 Å². The molecule has 0 fully saturated rings. The van der Waals surface area contributed by atoms with Crippen molar-refractivity contribution in [1.82, 2.24) is 0 Å². The normalized spacial score (nSPS) is 12.1. The minimum Gasteiger partial charge on any atom is -0.423 e. The van der Waals surface area contributed by atoms with Crippen LogP contribution in [0.2, 0.25) is 0 Å². The third kappa shape index (κ3) is 3.80. The van der Waals surface area contributed by atoms with E-state index < -0.39 is 18.3 Å². The van der Waals surface area contributed by atoms with E-state index in [2.05, 4.69) is 5.32 Å². The van der Waals surface area contributed by atoms with Gasteiger partial charge in [0.2, 0.25) is 6.41 Å². The quantitative estimate of drug-likeness (QED) is 0.517. The fraction of sp³-hybridized carbons (Fsp3) is 0.462. The average Bonchev–Trinajstić information content (AvgIpc) is 2.28. The van der Waals surface area contributed by atoms with E-state index >= 15 is 0 Å². The number of carbonyl (C=O) groups excluding carboxylic acids is 1. The molecule has 0 unspecified atom stereocenters. The molecule has 0 heterocycles. The van der Waals surface area contributed by atoms with Crippen LogP contribution in [-0.4, -0.2) is 34.9 Å². The predicted octanol–water partition coefficient (Wildman–Crippen LogP) is 0.508. The number of hydrogen-bond acceptors (Lipinski definition) is 4. The highest BCUT2D eigenvalue weighted by Gasteiger charge is 2.39. The Hall–Kier alpha value is -1.37. The average molecular weight is 265 g/mol. The van der Waals surface area contributed by atoms with E-state index in [4.69, 9.17) is 4.65 Å². The van der Waals surface area contributed by atoms with Gasteiger partial charge in [0, 0.05) is 11.2 Å². The number of anilines is 1. The van der Waals surface area contributed by atoms with Gasteiger partial charge in [0.05, 0.1) is 11.2 Å². The number of nitrogens with one attached hydrogen (secondary N) is 1. The van der Waals surface area contributed by atoms with Gasteiger partial charge in [0.15, 0.2) is 0 Å². The number of aliphatic hydroxyl groups is 1. The van der Waals surface area contributed by atoms with Gasteiger partial charge in [-0.05, 0) is 33.8 Å². The number of hydrogen-bond donors (Lipinski definition) is 3. The Balaban J connectivity index is 2.95. The van der Waals surface area contributed by atoms with Gasteiger partial charge in [-0.25, -0.2) is 0 Å². The van der Waals surface area contributed by atoms with Crippen LogP contribution >= 0.6 is 0 Å². The van der Waals surface area contributed by atoms with Gasteiger partial charge in [0.25, 0.3) is 0 Å². The molecule has 6 heteroatoms. The van der Waals surface area contributed by atoms with Crippen molar-refractivity contribution in [2.75, 3.05) is 5.32 Å². The highest BCUT2D eigenvalue weighted by molar-refractivity contribution is 6.62. The molecule has 0 aliphatic rings. The lowest BCUT2D eigenvalue weighted by atomic mass is 9.75. The fourth-order valence-corrected chi connectivity index (χ4v) is 1.39. The molecule has 0 saturated carbocycles. The summed E-state index contributed by atoms with van der Waals surface area (Å²) in [6.45, 7) is 6.59. The monoisotopic (exact) mass is 265 g/mol. The number of rotatable bonds is 6. The Morgan fingerprint density at radius 3 is 2.37 bits per heavy atom. The second-order valence-corrected chi connectivity index (χ2v) is 5.39. The molecule has 0 spiro atoms. The van der Waals surface area contributed by atoms with E-state index in [9.17, 15) is 14.9 Å². The molecule has 0 aromatic heterocycles. The van der Waals surface area contributed by atoms with E-state index in [0.717, 1.165) is 0 Å². The molecule has 0 aliphatic carbocycles. The second-order valence-electron chi connectivity index (χ2n) is 5.39. The molecule has 1 aromatic rings. The van der Waals surface area contributed by atoms with Crippen LogP contribution in [0.3, 0.4) is 0 Å². The van der Waals surface area contributed by atoms with E-state index in [1.165, 1.54) is 0 Å². The van der Waals surface area contributed by atoms with E-state index in [0.29, 0.717) is 17.6 Å². The van der Waals surface area contributed by atoms with Crippen LogP contribution in [0.5, 0.6) is 0 Å². The summed E-state index contributed by atoms with van der Waals surface area (Å²) in [6, 6.07) is 6.78. The Labute approximate surface area is 113 Å². The van der Waals surface area contributed by atoms with Crippen LogP contribution < -0.4 is 10.8 Å². The van der Waals surface area contributed by atoms with E-state index in [1.807, 2.05) is 0 Å². The number of benzene rings is 1. The van der Waals surface area contributed by atoms with Gasteiger partial charge < -0.3 is 20.1 Å². The maximum atomic E-state index is 10.5. The summed E-state index contributed by atoms with van der Waals surface area (Å²) in [6.07, 6.45) is 0.534. The molecule has 0 aliphatic heterocycles. The van der Waals surface area contributed by atoms with Crippen molar-refractivity contribution >= 4 is 24.7 Å². The van der Waals surface area contributed by atoms with Crippen molar-refractivity contribution in [3.8, 4) is 0 Å². The summed E-state index contributed by atoms with van der Waals surface area (Å²) >= 11 is 0. The smallest absolute Gasteiger partial charge is 0.423 e. The molecule has 1 rings (SSSR count). The minimum absolute atomic E-state index is 0.437. The first-order chi connectivity index (χ1) is 8.69. The summed E-state index contributed by atoms with van der Waals surface area (Å²) in [5.41, 5.74) is -1.18. The van der Waals surface area contributed by atoms with Crippen molar-refractivity contribution in [2.45, 2.75) is 38.9 Å². The van der Waals surface area contributed by atoms with Crippen LogP contribution in [-0.2, 0) is 9.45 Å². The molecule has 0 atom stereocenters. The van der Waals surface area contributed by atoms with Gasteiger partial charge in [-0.2, -0.15) is 0 Å². The van der Waals surface area contributed by atoms with Crippen molar-refractivity contribution in [3.05, 3.63) is 24.3 Å². The zero-order valence-corrected chi connectivity index (χ0v) is 11.7. The molecule has 19 heavy (non-hydrogen) atoms. The zero-order valence-electron chi connectivity index (χ0n) is 11.7. The molecule has 0 radical (unpaired) electrons. The topological polar surface area (TPSA) is 78.8 Å². The highest BCUT2D eigenvalue weighted by atomic mass is 16.5. The van der Waals surface area contributed by atoms with Crippen molar-refractivity contribution < 1.29 is 19.6 Å².